The van der Waals surface area contributed by atoms with Crippen molar-refractivity contribution in [2.24, 2.45) is 0 Å². The van der Waals surface area contributed by atoms with Crippen LogP contribution in [-0.4, -0.2) is 31.2 Å². The lowest BCUT2D eigenvalue weighted by molar-refractivity contribution is -0.116. The SMILES string of the molecule is CC.CC.CCCCC(=O)Nc1nc(SCCC)nc2c1[nH]c(=O)n2Cc1ccccc1. The number of anilines is 1. The molecule has 2 heterocycles. The summed E-state index contributed by atoms with van der Waals surface area (Å²) in [6, 6.07) is 9.74. The van der Waals surface area contributed by atoms with E-state index in [1.165, 1.54) is 11.8 Å². The van der Waals surface area contributed by atoms with Crippen LogP contribution < -0.4 is 11.0 Å². The van der Waals surface area contributed by atoms with Crippen LogP contribution >= 0.6 is 11.8 Å². The smallest absolute Gasteiger partial charge is 0.309 e. The highest BCUT2D eigenvalue weighted by atomic mass is 32.2. The Morgan fingerprint density at radius 1 is 1.06 bits per heavy atom. The van der Waals surface area contributed by atoms with Crippen molar-refractivity contribution in [2.45, 2.75) is 78.9 Å². The van der Waals surface area contributed by atoms with Gasteiger partial charge in [-0.1, -0.05) is 90.1 Å². The Morgan fingerprint density at radius 2 is 1.75 bits per heavy atom. The molecule has 0 bridgehead atoms. The van der Waals surface area contributed by atoms with Crippen molar-refractivity contribution in [2.75, 3.05) is 11.1 Å². The quantitative estimate of drug-likeness (QED) is 0.309. The lowest BCUT2D eigenvalue weighted by Crippen LogP contribution is -2.17. The van der Waals surface area contributed by atoms with Crippen molar-refractivity contribution in [3.05, 3.63) is 46.4 Å². The minimum absolute atomic E-state index is 0.107. The zero-order valence-corrected chi connectivity index (χ0v) is 21.0. The Hall–Kier alpha value is -2.61. The number of aromatic nitrogens is 4. The molecule has 0 aliphatic rings. The van der Waals surface area contributed by atoms with Crippen molar-refractivity contribution >= 4 is 34.7 Å². The van der Waals surface area contributed by atoms with Gasteiger partial charge in [0.05, 0.1) is 6.54 Å². The van der Waals surface area contributed by atoms with Crippen LogP contribution in [0.1, 0.15) is 72.8 Å². The molecule has 0 aliphatic heterocycles. The van der Waals surface area contributed by atoms with Gasteiger partial charge < -0.3 is 10.3 Å². The molecule has 1 amide bonds. The highest BCUT2D eigenvalue weighted by molar-refractivity contribution is 7.99. The van der Waals surface area contributed by atoms with E-state index in [1.54, 1.807) is 4.57 Å². The molecule has 0 spiro atoms. The van der Waals surface area contributed by atoms with E-state index in [1.807, 2.05) is 65.0 Å². The first-order valence-electron chi connectivity index (χ1n) is 11.6. The Balaban J connectivity index is 0.00000121. The summed E-state index contributed by atoms with van der Waals surface area (Å²) >= 11 is 1.52. The van der Waals surface area contributed by atoms with Crippen molar-refractivity contribution < 1.29 is 4.79 Å². The second kappa shape index (κ2) is 15.2. The van der Waals surface area contributed by atoms with Crippen molar-refractivity contribution in [3.8, 4) is 0 Å². The topological polar surface area (TPSA) is 92.7 Å². The lowest BCUT2D eigenvalue weighted by atomic mass is 10.2. The number of fused-ring (bicyclic) bond motifs is 1. The normalized spacial score (nSPS) is 10.1. The zero-order chi connectivity index (χ0) is 23.9. The number of carbonyl (C=O) groups excluding carboxylic acids is 1. The minimum atomic E-state index is -0.269. The summed E-state index contributed by atoms with van der Waals surface area (Å²) in [4.78, 5) is 36.7. The first-order valence-corrected chi connectivity index (χ1v) is 12.6. The van der Waals surface area contributed by atoms with Crippen LogP contribution in [0.25, 0.3) is 11.2 Å². The number of hydrogen-bond donors (Lipinski definition) is 2. The number of carbonyl (C=O) groups is 1. The molecular weight excluding hydrogens is 422 g/mol. The molecule has 3 rings (SSSR count). The van der Waals surface area contributed by atoms with Gasteiger partial charge in [-0.2, -0.15) is 0 Å². The Morgan fingerprint density at radius 3 is 2.38 bits per heavy atom. The third-order valence-corrected chi connectivity index (χ3v) is 5.29. The van der Waals surface area contributed by atoms with Gasteiger partial charge in [0, 0.05) is 12.2 Å². The summed E-state index contributed by atoms with van der Waals surface area (Å²) in [6.07, 6.45) is 3.15. The van der Waals surface area contributed by atoms with Gasteiger partial charge in [0.1, 0.15) is 5.52 Å². The first-order chi connectivity index (χ1) is 15.6. The number of H-pyrrole nitrogens is 1. The van der Waals surface area contributed by atoms with E-state index in [4.69, 9.17) is 0 Å². The number of unbranched alkanes of at least 4 members (excludes halogenated alkanes) is 1. The average Bonchev–Trinajstić information content (AvgIpc) is 3.15. The van der Waals surface area contributed by atoms with E-state index in [0.29, 0.717) is 35.1 Å². The fourth-order valence-corrected chi connectivity index (χ4v) is 3.50. The molecule has 32 heavy (non-hydrogen) atoms. The largest absolute Gasteiger partial charge is 0.328 e. The number of aromatic amines is 1. The number of nitrogens with zero attached hydrogens (tertiary/aromatic N) is 3. The zero-order valence-electron chi connectivity index (χ0n) is 20.2. The second-order valence-corrected chi connectivity index (χ2v) is 7.62. The van der Waals surface area contributed by atoms with Gasteiger partial charge in [-0.25, -0.2) is 14.8 Å². The van der Waals surface area contributed by atoms with Crippen LogP contribution in [0.4, 0.5) is 5.82 Å². The Bertz CT molecular complexity index is 999. The van der Waals surface area contributed by atoms with E-state index in [0.717, 1.165) is 30.6 Å². The van der Waals surface area contributed by atoms with E-state index in [-0.39, 0.29) is 11.6 Å². The van der Waals surface area contributed by atoms with Crippen LogP contribution in [-0.2, 0) is 11.3 Å². The maximum absolute atomic E-state index is 12.6. The highest BCUT2D eigenvalue weighted by Crippen LogP contribution is 2.23. The Kier molecular flexibility index (Phi) is 13.1. The van der Waals surface area contributed by atoms with Crippen LogP contribution in [0.2, 0.25) is 0 Å². The number of hydrogen-bond acceptors (Lipinski definition) is 5. The Labute approximate surface area is 195 Å². The number of imidazole rings is 1. The average molecular weight is 460 g/mol. The summed E-state index contributed by atoms with van der Waals surface area (Å²) in [7, 11) is 0. The van der Waals surface area contributed by atoms with Gasteiger partial charge >= 0.3 is 5.69 Å². The van der Waals surface area contributed by atoms with E-state index < -0.39 is 0 Å². The predicted octanol–water partition coefficient (Wildman–Crippen LogP) is 5.85. The van der Waals surface area contributed by atoms with Gasteiger partial charge in [0.25, 0.3) is 0 Å². The highest BCUT2D eigenvalue weighted by Gasteiger charge is 2.17. The number of thioether (sulfide) groups is 1. The molecule has 0 saturated heterocycles. The first kappa shape index (κ1) is 27.4. The van der Waals surface area contributed by atoms with Gasteiger partial charge in [-0.05, 0) is 18.4 Å². The van der Waals surface area contributed by atoms with E-state index in [9.17, 15) is 9.59 Å². The van der Waals surface area contributed by atoms with Gasteiger partial charge in [-0.15, -0.1) is 0 Å². The van der Waals surface area contributed by atoms with Crippen molar-refractivity contribution in [1.82, 2.24) is 19.5 Å². The molecule has 2 N–H and O–H groups in total. The van der Waals surface area contributed by atoms with Gasteiger partial charge in [0.2, 0.25) is 5.91 Å². The third kappa shape index (κ3) is 7.82. The molecular formula is C24H37N5O2S. The fraction of sp³-hybridized carbons (Fsp3) is 0.500. The third-order valence-electron chi connectivity index (χ3n) is 4.24. The molecule has 0 saturated carbocycles. The standard InChI is InChI=1S/C20H25N5O2S.2C2H6/c1-3-5-11-15(26)21-17-16-18(24-19(23-17)28-12-4-2)25(20(27)22-16)13-14-9-7-6-8-10-14;2*1-2/h6-10H,3-5,11-13H2,1-2H3,(H,22,27)(H,21,23,24,26);2*1-2H3. The molecule has 0 aliphatic carbocycles. The molecule has 0 unspecified atom stereocenters. The maximum atomic E-state index is 12.6. The van der Waals surface area contributed by atoms with Crippen LogP contribution in [0, 0.1) is 0 Å². The number of benzene rings is 1. The molecule has 176 valence electrons. The maximum Gasteiger partial charge on any atom is 0.328 e. The van der Waals surface area contributed by atoms with Gasteiger partial charge in [0.15, 0.2) is 16.6 Å². The summed E-state index contributed by atoms with van der Waals surface area (Å²) in [6.45, 7) is 12.5. The number of nitrogens with one attached hydrogen (secondary N) is 2. The van der Waals surface area contributed by atoms with Crippen LogP contribution in [0.15, 0.2) is 40.3 Å². The number of rotatable bonds is 9. The van der Waals surface area contributed by atoms with E-state index >= 15 is 0 Å². The summed E-state index contributed by atoms with van der Waals surface area (Å²) in [5.41, 5.74) is 1.70. The number of amides is 1. The van der Waals surface area contributed by atoms with Crippen LogP contribution in [0.3, 0.4) is 0 Å². The monoisotopic (exact) mass is 459 g/mol. The predicted molar refractivity (Wildman–Crippen MR) is 136 cm³/mol. The molecule has 1 aromatic carbocycles. The summed E-state index contributed by atoms with van der Waals surface area (Å²) < 4.78 is 1.59. The molecule has 3 aromatic rings. The molecule has 0 radical (unpaired) electrons. The molecule has 8 heteroatoms. The lowest BCUT2D eigenvalue weighted by Gasteiger charge is -2.08. The van der Waals surface area contributed by atoms with Crippen molar-refractivity contribution in [3.63, 3.8) is 0 Å². The molecule has 0 atom stereocenters. The molecule has 7 nitrogen and oxygen atoms in total. The van der Waals surface area contributed by atoms with Gasteiger partial charge in [-0.3, -0.25) is 9.36 Å². The van der Waals surface area contributed by atoms with Crippen LogP contribution in [0.5, 0.6) is 0 Å². The second-order valence-electron chi connectivity index (χ2n) is 6.56. The fourth-order valence-electron chi connectivity index (χ4n) is 2.80. The molecule has 0 fully saturated rings. The van der Waals surface area contributed by atoms with E-state index in [2.05, 4.69) is 27.2 Å². The summed E-state index contributed by atoms with van der Waals surface area (Å²) in [5.74, 6) is 1.13. The minimum Gasteiger partial charge on any atom is -0.309 e. The van der Waals surface area contributed by atoms with Crippen molar-refractivity contribution in [1.29, 1.82) is 0 Å². The summed E-state index contributed by atoms with van der Waals surface area (Å²) in [5, 5.41) is 3.41. The molecule has 2 aromatic heterocycles.